The summed E-state index contributed by atoms with van der Waals surface area (Å²) in [6, 6.07) is 12.7. The lowest BCUT2D eigenvalue weighted by Crippen LogP contribution is -2.28. The van der Waals surface area contributed by atoms with E-state index in [4.69, 9.17) is 9.15 Å². The summed E-state index contributed by atoms with van der Waals surface area (Å²) < 4.78 is 11.2. The van der Waals surface area contributed by atoms with Gasteiger partial charge in [0.1, 0.15) is 23.2 Å². The Morgan fingerprint density at radius 3 is 2.85 bits per heavy atom. The van der Waals surface area contributed by atoms with E-state index in [2.05, 4.69) is 10.2 Å². The molecule has 0 unspecified atom stereocenters. The van der Waals surface area contributed by atoms with Crippen LogP contribution < -0.4 is 15.0 Å². The summed E-state index contributed by atoms with van der Waals surface area (Å²) >= 11 is 0. The average Bonchev–Trinajstić information content (AvgIpc) is 3.16. The Balaban J connectivity index is 1.70. The zero-order chi connectivity index (χ0) is 19.1. The molecule has 3 rings (SSSR count). The van der Waals surface area contributed by atoms with Crippen LogP contribution in [0, 0.1) is 11.3 Å². The fourth-order valence-electron chi connectivity index (χ4n) is 3.02. The van der Waals surface area contributed by atoms with Crippen molar-refractivity contribution in [3.8, 4) is 11.8 Å². The standard InChI is InChI=1S/C21H23N3O3/c1-2-26-18-8-6-7-17(14-18)23-21(25)16(15-22)13-19-9-10-20(27-19)24-11-4-3-5-12-24/h6-10,13-14H,2-5,11-12H2,1H3,(H,23,25)/b16-13+. The van der Waals surface area contributed by atoms with Crippen molar-refractivity contribution in [2.75, 3.05) is 29.9 Å². The maximum Gasteiger partial charge on any atom is 0.266 e. The number of carbonyl (C=O) groups is 1. The van der Waals surface area contributed by atoms with Crippen LogP contribution in [0.2, 0.25) is 0 Å². The van der Waals surface area contributed by atoms with Crippen LogP contribution in [0.25, 0.3) is 6.08 Å². The zero-order valence-corrected chi connectivity index (χ0v) is 15.4. The van der Waals surface area contributed by atoms with Gasteiger partial charge in [-0.1, -0.05) is 6.07 Å². The Kier molecular flexibility index (Phi) is 6.16. The van der Waals surface area contributed by atoms with E-state index >= 15 is 0 Å². The van der Waals surface area contributed by atoms with Crippen molar-refractivity contribution < 1.29 is 13.9 Å². The van der Waals surface area contributed by atoms with Crippen LogP contribution in [0.15, 0.2) is 46.4 Å². The highest BCUT2D eigenvalue weighted by atomic mass is 16.5. The van der Waals surface area contributed by atoms with Crippen LogP contribution >= 0.6 is 0 Å². The molecule has 1 aromatic heterocycles. The minimum absolute atomic E-state index is 0.0173. The van der Waals surface area contributed by atoms with Crippen molar-refractivity contribution in [1.29, 1.82) is 5.26 Å². The fourth-order valence-corrected chi connectivity index (χ4v) is 3.02. The molecule has 2 heterocycles. The number of nitriles is 1. The van der Waals surface area contributed by atoms with E-state index in [0.29, 0.717) is 23.8 Å². The number of piperidine rings is 1. The van der Waals surface area contributed by atoms with E-state index in [1.807, 2.05) is 25.1 Å². The second-order valence-corrected chi connectivity index (χ2v) is 6.31. The van der Waals surface area contributed by atoms with Crippen molar-refractivity contribution in [2.45, 2.75) is 26.2 Å². The van der Waals surface area contributed by atoms with E-state index in [-0.39, 0.29) is 5.57 Å². The summed E-state index contributed by atoms with van der Waals surface area (Å²) in [5.74, 6) is 1.45. The molecule has 0 radical (unpaired) electrons. The third kappa shape index (κ3) is 4.91. The minimum Gasteiger partial charge on any atom is -0.494 e. The molecule has 6 nitrogen and oxygen atoms in total. The van der Waals surface area contributed by atoms with Crippen molar-refractivity contribution in [2.24, 2.45) is 0 Å². The van der Waals surface area contributed by atoms with Crippen LogP contribution in [-0.4, -0.2) is 25.6 Å². The molecule has 2 aromatic rings. The largest absolute Gasteiger partial charge is 0.494 e. The SMILES string of the molecule is CCOc1cccc(NC(=O)/C(C#N)=C/c2ccc(N3CCCCC3)o2)c1. The summed E-state index contributed by atoms with van der Waals surface area (Å²) in [6.45, 7) is 4.37. The van der Waals surface area contributed by atoms with Gasteiger partial charge in [-0.25, -0.2) is 0 Å². The molecule has 1 N–H and O–H groups in total. The molecule has 0 saturated carbocycles. The number of furan rings is 1. The number of hydrogen-bond donors (Lipinski definition) is 1. The first-order valence-electron chi connectivity index (χ1n) is 9.20. The number of hydrogen-bond acceptors (Lipinski definition) is 5. The van der Waals surface area contributed by atoms with Crippen molar-refractivity contribution in [3.63, 3.8) is 0 Å². The van der Waals surface area contributed by atoms with Gasteiger partial charge in [0.15, 0.2) is 5.88 Å². The minimum atomic E-state index is -0.484. The number of amides is 1. The number of anilines is 2. The van der Waals surface area contributed by atoms with Gasteiger partial charge in [0.25, 0.3) is 5.91 Å². The molecule has 0 aliphatic carbocycles. The van der Waals surface area contributed by atoms with Gasteiger partial charge in [-0.05, 0) is 44.4 Å². The number of benzene rings is 1. The van der Waals surface area contributed by atoms with Gasteiger partial charge < -0.3 is 19.4 Å². The summed E-state index contributed by atoms with van der Waals surface area (Å²) in [4.78, 5) is 14.6. The lowest BCUT2D eigenvalue weighted by Gasteiger charge is -2.25. The van der Waals surface area contributed by atoms with E-state index in [9.17, 15) is 10.1 Å². The number of rotatable bonds is 6. The molecule has 27 heavy (non-hydrogen) atoms. The zero-order valence-electron chi connectivity index (χ0n) is 15.4. The molecule has 1 amide bonds. The van der Waals surface area contributed by atoms with Gasteiger partial charge >= 0.3 is 0 Å². The number of ether oxygens (including phenoxy) is 1. The molecule has 0 bridgehead atoms. The highest BCUT2D eigenvalue weighted by molar-refractivity contribution is 6.09. The molecule has 0 atom stereocenters. The van der Waals surface area contributed by atoms with Crippen LogP contribution in [0.5, 0.6) is 5.75 Å². The quantitative estimate of drug-likeness (QED) is 0.613. The maximum atomic E-state index is 12.4. The Labute approximate surface area is 159 Å². The van der Waals surface area contributed by atoms with Crippen molar-refractivity contribution in [3.05, 3.63) is 47.7 Å². The highest BCUT2D eigenvalue weighted by Gasteiger charge is 2.15. The van der Waals surface area contributed by atoms with Gasteiger partial charge in [-0.3, -0.25) is 4.79 Å². The van der Waals surface area contributed by atoms with E-state index in [1.54, 1.807) is 24.3 Å². The monoisotopic (exact) mass is 365 g/mol. The van der Waals surface area contributed by atoms with Crippen LogP contribution in [0.1, 0.15) is 31.9 Å². The first-order valence-corrected chi connectivity index (χ1v) is 9.20. The first kappa shape index (κ1) is 18.6. The second kappa shape index (κ2) is 8.95. The van der Waals surface area contributed by atoms with Crippen LogP contribution in [-0.2, 0) is 4.79 Å². The Morgan fingerprint density at radius 1 is 1.30 bits per heavy atom. The van der Waals surface area contributed by atoms with Gasteiger partial charge in [0, 0.05) is 37.0 Å². The Bertz CT molecular complexity index is 858. The molecule has 1 aromatic carbocycles. The predicted octanol–water partition coefficient (Wildman–Crippen LogP) is 4.21. The summed E-state index contributed by atoms with van der Waals surface area (Å²) in [5.41, 5.74) is 0.553. The summed E-state index contributed by atoms with van der Waals surface area (Å²) in [6.07, 6.45) is 5.01. The highest BCUT2D eigenvalue weighted by Crippen LogP contribution is 2.24. The van der Waals surface area contributed by atoms with Crippen molar-refractivity contribution >= 4 is 23.6 Å². The lowest BCUT2D eigenvalue weighted by atomic mass is 10.1. The molecule has 1 aliphatic heterocycles. The fraction of sp³-hybridized carbons (Fsp3) is 0.333. The lowest BCUT2D eigenvalue weighted by molar-refractivity contribution is -0.112. The summed E-state index contributed by atoms with van der Waals surface area (Å²) in [5, 5.41) is 12.1. The molecular formula is C21H23N3O3. The van der Waals surface area contributed by atoms with E-state index in [1.165, 1.54) is 12.5 Å². The second-order valence-electron chi connectivity index (χ2n) is 6.31. The summed E-state index contributed by atoms with van der Waals surface area (Å²) in [7, 11) is 0. The van der Waals surface area contributed by atoms with Crippen molar-refractivity contribution in [1.82, 2.24) is 0 Å². The Hall–Kier alpha value is -3.20. The predicted molar refractivity (Wildman–Crippen MR) is 105 cm³/mol. The molecule has 0 spiro atoms. The average molecular weight is 365 g/mol. The number of nitrogens with one attached hydrogen (secondary N) is 1. The van der Waals surface area contributed by atoms with Crippen LogP contribution in [0.4, 0.5) is 11.6 Å². The number of nitrogens with zero attached hydrogens (tertiary/aromatic N) is 2. The van der Waals surface area contributed by atoms with E-state index < -0.39 is 5.91 Å². The smallest absolute Gasteiger partial charge is 0.266 e. The normalized spacial score (nSPS) is 14.5. The van der Waals surface area contributed by atoms with Gasteiger partial charge in [0.2, 0.25) is 0 Å². The van der Waals surface area contributed by atoms with Gasteiger partial charge in [0.05, 0.1) is 6.61 Å². The van der Waals surface area contributed by atoms with E-state index in [0.717, 1.165) is 31.8 Å². The number of carbonyl (C=O) groups excluding carboxylic acids is 1. The Morgan fingerprint density at radius 2 is 2.11 bits per heavy atom. The molecule has 1 fully saturated rings. The molecule has 6 heteroatoms. The van der Waals surface area contributed by atoms with Crippen LogP contribution in [0.3, 0.4) is 0 Å². The molecule has 1 aliphatic rings. The molecule has 140 valence electrons. The molecule has 1 saturated heterocycles. The third-order valence-electron chi connectivity index (χ3n) is 4.33. The third-order valence-corrected chi connectivity index (χ3v) is 4.33. The first-order chi connectivity index (χ1) is 13.2. The molecular weight excluding hydrogens is 342 g/mol. The van der Waals surface area contributed by atoms with Gasteiger partial charge in [-0.2, -0.15) is 5.26 Å². The topological polar surface area (TPSA) is 78.5 Å². The maximum absolute atomic E-state index is 12.4. The van der Waals surface area contributed by atoms with Gasteiger partial charge in [-0.15, -0.1) is 0 Å².